The predicted molar refractivity (Wildman–Crippen MR) is 73.0 cm³/mol. The van der Waals surface area contributed by atoms with E-state index in [4.69, 9.17) is 11.1 Å². The first-order chi connectivity index (χ1) is 8.47. The number of anilines is 1. The van der Waals surface area contributed by atoms with Gasteiger partial charge >= 0.3 is 0 Å². The van der Waals surface area contributed by atoms with Crippen molar-refractivity contribution in [2.45, 2.75) is 26.2 Å². The quantitative estimate of drug-likeness (QED) is 0.593. The molecule has 1 aromatic carbocycles. The molecule has 4 nitrogen and oxygen atoms in total. The molecule has 0 saturated carbocycles. The summed E-state index contributed by atoms with van der Waals surface area (Å²) >= 11 is 0. The molecule has 0 radical (unpaired) electrons. The molecule has 18 heavy (non-hydrogen) atoms. The summed E-state index contributed by atoms with van der Waals surface area (Å²) in [5, 5.41) is 9.93. The number of aromatic nitrogens is 1. The van der Waals surface area contributed by atoms with Crippen molar-refractivity contribution >= 4 is 16.6 Å². The fourth-order valence-corrected chi connectivity index (χ4v) is 1.90. The Labute approximate surface area is 106 Å². The largest absolute Gasteiger partial charge is 0.322 e. The molecule has 0 aliphatic rings. The number of hydrogen-bond donors (Lipinski definition) is 2. The van der Waals surface area contributed by atoms with Gasteiger partial charge in [-0.25, -0.2) is 0 Å². The van der Waals surface area contributed by atoms with Crippen LogP contribution in [0.2, 0.25) is 0 Å². The van der Waals surface area contributed by atoms with E-state index < -0.39 is 0 Å². The average Bonchev–Trinajstić information content (AvgIpc) is 2.35. The second-order valence-electron chi connectivity index (χ2n) is 5.28. The molecule has 0 aliphatic carbocycles. The zero-order chi connectivity index (χ0) is 13.3. The van der Waals surface area contributed by atoms with Crippen molar-refractivity contribution in [2.24, 2.45) is 5.84 Å². The highest BCUT2D eigenvalue weighted by Gasteiger charge is 2.16. The van der Waals surface area contributed by atoms with Gasteiger partial charge in [-0.05, 0) is 23.1 Å². The minimum atomic E-state index is 0.0444. The van der Waals surface area contributed by atoms with Crippen molar-refractivity contribution in [3.63, 3.8) is 0 Å². The van der Waals surface area contributed by atoms with Gasteiger partial charge in [-0.15, -0.1) is 0 Å². The Morgan fingerprint density at radius 1 is 1.33 bits per heavy atom. The summed E-state index contributed by atoms with van der Waals surface area (Å²) in [5.41, 5.74) is 5.75. The molecule has 4 heteroatoms. The van der Waals surface area contributed by atoms with E-state index in [1.807, 2.05) is 12.1 Å². The van der Waals surface area contributed by atoms with E-state index >= 15 is 0 Å². The van der Waals surface area contributed by atoms with E-state index in [0.717, 1.165) is 10.9 Å². The van der Waals surface area contributed by atoms with Crippen molar-refractivity contribution in [1.82, 2.24) is 4.98 Å². The fraction of sp³-hybridized carbons (Fsp3) is 0.286. The van der Waals surface area contributed by atoms with E-state index in [2.05, 4.69) is 43.3 Å². The standard InChI is InChI=1S/C14H16N4/c1-14(2,3)10-4-5-12-11(6-10)13(18-16)9(7-15)8-17-12/h4-6,8H,16H2,1-3H3,(H,17,18). The molecule has 3 N–H and O–H groups in total. The Morgan fingerprint density at radius 2 is 2.06 bits per heavy atom. The van der Waals surface area contributed by atoms with Gasteiger partial charge in [-0.3, -0.25) is 10.8 Å². The highest BCUT2D eigenvalue weighted by Crippen LogP contribution is 2.30. The van der Waals surface area contributed by atoms with Gasteiger partial charge < -0.3 is 5.43 Å². The van der Waals surface area contributed by atoms with Gasteiger partial charge in [0.2, 0.25) is 0 Å². The number of nitriles is 1. The Kier molecular flexibility index (Phi) is 2.93. The van der Waals surface area contributed by atoms with Crippen LogP contribution < -0.4 is 11.3 Å². The van der Waals surface area contributed by atoms with E-state index in [-0.39, 0.29) is 5.41 Å². The Bertz CT molecular complexity index is 633. The number of hydrogen-bond acceptors (Lipinski definition) is 4. The van der Waals surface area contributed by atoms with Crippen LogP contribution in [0.15, 0.2) is 24.4 Å². The third-order valence-corrected chi connectivity index (χ3v) is 3.00. The average molecular weight is 240 g/mol. The fourth-order valence-electron chi connectivity index (χ4n) is 1.90. The first-order valence-corrected chi connectivity index (χ1v) is 5.77. The zero-order valence-corrected chi connectivity index (χ0v) is 10.8. The van der Waals surface area contributed by atoms with Crippen LogP contribution >= 0.6 is 0 Å². The maximum Gasteiger partial charge on any atom is 0.103 e. The monoisotopic (exact) mass is 240 g/mol. The summed E-state index contributed by atoms with van der Waals surface area (Å²) in [6.45, 7) is 6.43. The number of nitrogens with two attached hydrogens (primary N) is 1. The number of pyridine rings is 1. The second kappa shape index (κ2) is 4.28. The first-order valence-electron chi connectivity index (χ1n) is 5.77. The molecule has 1 aromatic heterocycles. The third kappa shape index (κ3) is 2.01. The zero-order valence-electron chi connectivity index (χ0n) is 10.8. The molecule has 92 valence electrons. The van der Waals surface area contributed by atoms with Gasteiger partial charge in [0, 0.05) is 11.6 Å². The number of benzene rings is 1. The molecule has 0 amide bonds. The van der Waals surface area contributed by atoms with Gasteiger partial charge in [0.25, 0.3) is 0 Å². The Balaban J connectivity index is 2.78. The summed E-state index contributed by atoms with van der Waals surface area (Å²) < 4.78 is 0. The van der Waals surface area contributed by atoms with Crippen LogP contribution in [-0.4, -0.2) is 4.98 Å². The van der Waals surface area contributed by atoms with Gasteiger partial charge in [-0.2, -0.15) is 5.26 Å². The van der Waals surface area contributed by atoms with E-state index in [1.165, 1.54) is 11.8 Å². The Hall–Kier alpha value is -2.12. The summed E-state index contributed by atoms with van der Waals surface area (Å²) in [6, 6.07) is 8.15. The summed E-state index contributed by atoms with van der Waals surface area (Å²) in [7, 11) is 0. The first kappa shape index (κ1) is 12.3. The van der Waals surface area contributed by atoms with Gasteiger partial charge in [0.05, 0.1) is 16.8 Å². The third-order valence-electron chi connectivity index (χ3n) is 3.00. The number of nitrogens with zero attached hydrogens (tertiary/aromatic N) is 2. The maximum atomic E-state index is 9.05. The van der Waals surface area contributed by atoms with Gasteiger partial charge in [-0.1, -0.05) is 26.8 Å². The molecule has 0 fully saturated rings. The molecule has 0 saturated heterocycles. The SMILES string of the molecule is CC(C)(C)c1ccc2ncc(C#N)c(NN)c2c1. The second-order valence-corrected chi connectivity index (χ2v) is 5.28. The van der Waals surface area contributed by atoms with Crippen molar-refractivity contribution < 1.29 is 0 Å². The minimum absolute atomic E-state index is 0.0444. The summed E-state index contributed by atoms with van der Waals surface area (Å²) in [4.78, 5) is 4.27. The number of nitrogens with one attached hydrogen (secondary N) is 1. The molecule has 0 unspecified atom stereocenters. The van der Waals surface area contributed by atoms with Crippen LogP contribution in [0.25, 0.3) is 10.9 Å². The van der Waals surface area contributed by atoms with Gasteiger partial charge in [0.1, 0.15) is 6.07 Å². The van der Waals surface area contributed by atoms with Crippen LogP contribution in [0.3, 0.4) is 0 Å². The van der Waals surface area contributed by atoms with Gasteiger partial charge in [0.15, 0.2) is 0 Å². The molecular formula is C14H16N4. The Morgan fingerprint density at radius 3 is 2.61 bits per heavy atom. The topological polar surface area (TPSA) is 74.7 Å². The summed E-state index contributed by atoms with van der Waals surface area (Å²) in [6.07, 6.45) is 1.54. The molecule has 2 rings (SSSR count). The van der Waals surface area contributed by atoms with E-state index in [0.29, 0.717) is 11.3 Å². The molecule has 1 heterocycles. The van der Waals surface area contributed by atoms with Crippen LogP contribution in [0.5, 0.6) is 0 Å². The molecule has 0 bridgehead atoms. The molecule has 0 spiro atoms. The van der Waals surface area contributed by atoms with Crippen LogP contribution in [0.1, 0.15) is 31.9 Å². The summed E-state index contributed by atoms with van der Waals surface area (Å²) in [5.74, 6) is 5.52. The van der Waals surface area contributed by atoms with Crippen molar-refractivity contribution in [3.8, 4) is 6.07 Å². The minimum Gasteiger partial charge on any atom is -0.322 e. The lowest BCUT2D eigenvalue weighted by molar-refractivity contribution is 0.591. The molecular weight excluding hydrogens is 224 g/mol. The lowest BCUT2D eigenvalue weighted by Crippen LogP contribution is -2.12. The normalized spacial score (nSPS) is 11.3. The highest BCUT2D eigenvalue weighted by molar-refractivity contribution is 5.94. The lowest BCUT2D eigenvalue weighted by atomic mass is 9.86. The number of nitrogen functional groups attached to an aromatic ring is 1. The van der Waals surface area contributed by atoms with E-state index in [1.54, 1.807) is 0 Å². The van der Waals surface area contributed by atoms with E-state index in [9.17, 15) is 0 Å². The van der Waals surface area contributed by atoms with Crippen molar-refractivity contribution in [2.75, 3.05) is 5.43 Å². The number of rotatable bonds is 1. The highest BCUT2D eigenvalue weighted by atomic mass is 15.2. The van der Waals surface area contributed by atoms with Crippen LogP contribution in [0.4, 0.5) is 5.69 Å². The van der Waals surface area contributed by atoms with Crippen molar-refractivity contribution in [1.29, 1.82) is 5.26 Å². The lowest BCUT2D eigenvalue weighted by Gasteiger charge is -2.20. The number of fused-ring (bicyclic) bond motifs is 1. The molecule has 2 aromatic rings. The van der Waals surface area contributed by atoms with Crippen LogP contribution in [0, 0.1) is 11.3 Å². The predicted octanol–water partition coefficient (Wildman–Crippen LogP) is 2.69. The maximum absolute atomic E-state index is 9.05. The number of hydrazine groups is 1. The van der Waals surface area contributed by atoms with Crippen LogP contribution in [-0.2, 0) is 5.41 Å². The molecule has 0 aliphatic heterocycles. The van der Waals surface area contributed by atoms with Crippen molar-refractivity contribution in [3.05, 3.63) is 35.5 Å². The molecule has 0 atom stereocenters. The smallest absolute Gasteiger partial charge is 0.103 e.